The van der Waals surface area contributed by atoms with Gasteiger partial charge in [0.15, 0.2) is 5.16 Å². The lowest BCUT2D eigenvalue weighted by molar-refractivity contribution is -0.115. The molecule has 0 radical (unpaired) electrons. The number of nitrogens with one attached hydrogen (secondary N) is 1. The molecule has 1 N–H and O–H groups in total. The minimum absolute atomic E-state index is 0.155. The van der Waals surface area contributed by atoms with Gasteiger partial charge in [0, 0.05) is 5.02 Å². The molecular weight excluding hydrogens is 470 g/mol. The van der Waals surface area contributed by atoms with E-state index in [0.717, 1.165) is 30.6 Å². The fraction of sp³-hybridized carbons (Fsp3) is 0.400. The van der Waals surface area contributed by atoms with E-state index in [4.69, 9.17) is 16.3 Å². The van der Waals surface area contributed by atoms with Crippen molar-refractivity contribution in [1.82, 2.24) is 19.7 Å². The second-order valence-corrected chi connectivity index (χ2v) is 10.1. The molecule has 7 nitrogen and oxygen atoms in total. The summed E-state index contributed by atoms with van der Waals surface area (Å²) in [5.41, 5.74) is 1.72. The molecule has 1 aliphatic rings. The van der Waals surface area contributed by atoms with Gasteiger partial charge in [0.25, 0.3) is 0 Å². The SMILES string of the molecule is COc1ccc(Cl)cc1NC(=O)C(C)Sc1nnc(CN2CCCCC2)n1Cc1ccccc1. The maximum absolute atomic E-state index is 13.0. The summed E-state index contributed by atoms with van der Waals surface area (Å²) >= 11 is 7.51. The predicted molar refractivity (Wildman–Crippen MR) is 137 cm³/mol. The van der Waals surface area contributed by atoms with Crippen LogP contribution in [0.15, 0.2) is 53.7 Å². The highest BCUT2D eigenvalue weighted by atomic mass is 35.5. The Morgan fingerprint density at radius 1 is 1.12 bits per heavy atom. The molecule has 2 aromatic carbocycles. The first-order valence-corrected chi connectivity index (χ1v) is 12.8. The number of anilines is 1. The van der Waals surface area contributed by atoms with Crippen molar-refractivity contribution >= 4 is 35.0 Å². The molecule has 1 atom stereocenters. The van der Waals surface area contributed by atoms with Crippen LogP contribution in [0.2, 0.25) is 5.02 Å². The normalized spacial score (nSPS) is 15.1. The van der Waals surface area contributed by atoms with Crippen LogP contribution in [0.4, 0.5) is 5.69 Å². The fourth-order valence-electron chi connectivity index (χ4n) is 3.99. The second kappa shape index (κ2) is 11.7. The zero-order valence-electron chi connectivity index (χ0n) is 19.5. The molecule has 4 rings (SSSR count). The monoisotopic (exact) mass is 499 g/mol. The third kappa shape index (κ3) is 6.31. The summed E-state index contributed by atoms with van der Waals surface area (Å²) < 4.78 is 7.49. The number of hydrogen-bond acceptors (Lipinski definition) is 6. The maximum Gasteiger partial charge on any atom is 0.237 e. The Balaban J connectivity index is 1.51. The second-order valence-electron chi connectivity index (χ2n) is 8.40. The first-order chi connectivity index (χ1) is 16.5. The molecule has 1 saturated heterocycles. The number of amides is 1. The van der Waals surface area contributed by atoms with E-state index in [0.29, 0.717) is 23.0 Å². The molecule has 0 bridgehead atoms. The van der Waals surface area contributed by atoms with Crippen molar-refractivity contribution in [3.05, 3.63) is 64.9 Å². The number of nitrogens with zero attached hydrogens (tertiary/aromatic N) is 4. The Bertz CT molecular complexity index is 1100. The molecule has 0 spiro atoms. The van der Waals surface area contributed by atoms with E-state index in [1.807, 2.05) is 25.1 Å². The molecule has 34 heavy (non-hydrogen) atoms. The molecule has 0 aliphatic carbocycles. The summed E-state index contributed by atoms with van der Waals surface area (Å²) in [5, 5.41) is 12.8. The van der Waals surface area contributed by atoms with Crippen LogP contribution in [0.1, 0.15) is 37.6 Å². The average molecular weight is 500 g/mol. The number of benzene rings is 2. The number of likely N-dealkylation sites (tertiary alicyclic amines) is 1. The number of thioether (sulfide) groups is 1. The van der Waals surface area contributed by atoms with Gasteiger partial charge in [0.2, 0.25) is 5.91 Å². The zero-order valence-corrected chi connectivity index (χ0v) is 21.1. The number of rotatable bonds is 9. The summed E-state index contributed by atoms with van der Waals surface area (Å²) in [6.07, 6.45) is 3.73. The minimum atomic E-state index is -0.398. The molecule has 9 heteroatoms. The molecule has 2 heterocycles. The number of aromatic nitrogens is 3. The first kappa shape index (κ1) is 24.6. The summed E-state index contributed by atoms with van der Waals surface area (Å²) in [7, 11) is 1.56. The molecule has 0 saturated carbocycles. The highest BCUT2D eigenvalue weighted by Crippen LogP contribution is 2.30. The van der Waals surface area contributed by atoms with Crippen LogP contribution in [0, 0.1) is 0 Å². The van der Waals surface area contributed by atoms with Gasteiger partial charge in [-0.2, -0.15) is 0 Å². The molecule has 180 valence electrons. The molecule has 3 aromatic rings. The van der Waals surface area contributed by atoms with Gasteiger partial charge in [-0.25, -0.2) is 0 Å². The van der Waals surface area contributed by atoms with E-state index < -0.39 is 5.25 Å². The predicted octanol–water partition coefficient (Wildman–Crippen LogP) is 5.09. The van der Waals surface area contributed by atoms with Crippen LogP contribution >= 0.6 is 23.4 Å². The summed E-state index contributed by atoms with van der Waals surface area (Å²) in [4.78, 5) is 15.4. The van der Waals surface area contributed by atoms with E-state index in [9.17, 15) is 4.79 Å². The van der Waals surface area contributed by atoms with E-state index in [2.05, 4.69) is 37.1 Å². The maximum atomic E-state index is 13.0. The van der Waals surface area contributed by atoms with Crippen LogP contribution in [0.5, 0.6) is 5.75 Å². The number of carbonyl (C=O) groups excluding carboxylic acids is 1. The van der Waals surface area contributed by atoms with Gasteiger partial charge in [-0.1, -0.05) is 60.1 Å². The summed E-state index contributed by atoms with van der Waals surface area (Å²) in [5.74, 6) is 1.33. The van der Waals surface area contributed by atoms with Crippen molar-refractivity contribution in [3.8, 4) is 5.75 Å². The van der Waals surface area contributed by atoms with Crippen molar-refractivity contribution < 1.29 is 9.53 Å². The van der Waals surface area contributed by atoms with E-state index in [1.165, 1.54) is 36.6 Å². The largest absolute Gasteiger partial charge is 0.495 e. The standard InChI is InChI=1S/C25H30ClN5O2S/c1-18(24(32)27-21-15-20(26)11-12-22(21)33-2)34-25-29-28-23(17-30-13-7-4-8-14-30)31(25)16-19-9-5-3-6-10-19/h3,5-6,9-12,15,18H,4,7-8,13-14,16-17H2,1-2H3,(H,27,32). The van der Waals surface area contributed by atoms with Crippen LogP contribution in [-0.4, -0.2) is 51.0 Å². The van der Waals surface area contributed by atoms with E-state index >= 15 is 0 Å². The molecule has 1 aromatic heterocycles. The Hall–Kier alpha value is -2.55. The first-order valence-electron chi connectivity index (χ1n) is 11.5. The minimum Gasteiger partial charge on any atom is -0.495 e. The van der Waals surface area contributed by atoms with Gasteiger partial charge in [-0.3, -0.25) is 9.69 Å². The summed E-state index contributed by atoms with van der Waals surface area (Å²) in [6, 6.07) is 15.4. The van der Waals surface area contributed by atoms with Crippen molar-refractivity contribution in [2.45, 2.75) is 49.7 Å². The Kier molecular flexibility index (Phi) is 8.48. The van der Waals surface area contributed by atoms with Crippen molar-refractivity contribution in [1.29, 1.82) is 0 Å². The molecule has 1 amide bonds. The average Bonchev–Trinajstić information content (AvgIpc) is 3.21. The topological polar surface area (TPSA) is 72.3 Å². The number of halogens is 1. The van der Waals surface area contributed by atoms with Crippen LogP contribution < -0.4 is 10.1 Å². The third-order valence-corrected chi connectivity index (χ3v) is 7.18. The van der Waals surface area contributed by atoms with Crippen molar-refractivity contribution in [2.24, 2.45) is 0 Å². The van der Waals surface area contributed by atoms with E-state index in [-0.39, 0.29) is 5.91 Å². The molecule has 1 fully saturated rings. The number of methoxy groups -OCH3 is 1. The smallest absolute Gasteiger partial charge is 0.237 e. The summed E-state index contributed by atoms with van der Waals surface area (Å²) in [6.45, 7) is 5.46. The molecule has 1 aliphatic heterocycles. The highest BCUT2D eigenvalue weighted by molar-refractivity contribution is 8.00. The molecule has 1 unspecified atom stereocenters. The Morgan fingerprint density at radius 3 is 2.62 bits per heavy atom. The number of hydrogen-bond donors (Lipinski definition) is 1. The number of carbonyl (C=O) groups is 1. The number of piperidine rings is 1. The lowest BCUT2D eigenvalue weighted by Crippen LogP contribution is -2.30. The van der Waals surface area contributed by atoms with Crippen molar-refractivity contribution in [2.75, 3.05) is 25.5 Å². The van der Waals surface area contributed by atoms with Gasteiger partial charge in [0.1, 0.15) is 11.6 Å². The van der Waals surface area contributed by atoms with Crippen LogP contribution in [0.3, 0.4) is 0 Å². The van der Waals surface area contributed by atoms with Gasteiger partial charge in [0.05, 0.1) is 31.1 Å². The van der Waals surface area contributed by atoms with Gasteiger partial charge < -0.3 is 14.6 Å². The Morgan fingerprint density at radius 2 is 1.88 bits per heavy atom. The van der Waals surface area contributed by atoms with E-state index in [1.54, 1.807) is 25.3 Å². The van der Waals surface area contributed by atoms with Crippen molar-refractivity contribution in [3.63, 3.8) is 0 Å². The van der Waals surface area contributed by atoms with Gasteiger partial charge >= 0.3 is 0 Å². The van der Waals surface area contributed by atoms with Gasteiger partial charge in [-0.05, 0) is 56.6 Å². The lowest BCUT2D eigenvalue weighted by atomic mass is 10.1. The zero-order chi connectivity index (χ0) is 23.9. The van der Waals surface area contributed by atoms with Crippen LogP contribution in [0.25, 0.3) is 0 Å². The lowest BCUT2D eigenvalue weighted by Gasteiger charge is -2.26. The quantitative estimate of drug-likeness (QED) is 0.413. The fourth-order valence-corrected chi connectivity index (χ4v) is 5.03. The Labute approximate surface area is 209 Å². The number of ether oxygens (including phenoxy) is 1. The third-order valence-electron chi connectivity index (χ3n) is 5.86. The van der Waals surface area contributed by atoms with Crippen LogP contribution in [-0.2, 0) is 17.9 Å². The van der Waals surface area contributed by atoms with Gasteiger partial charge in [-0.15, -0.1) is 10.2 Å². The highest BCUT2D eigenvalue weighted by Gasteiger charge is 2.23. The molecular formula is C25H30ClN5O2S.